The van der Waals surface area contributed by atoms with Crippen molar-refractivity contribution >= 4 is 17.5 Å². The minimum atomic E-state index is -0.841. The molecule has 1 amide bonds. The zero-order chi connectivity index (χ0) is 15.2. The molecule has 0 bridgehead atoms. The molecule has 0 heterocycles. The molecule has 0 saturated heterocycles. The molecule has 0 atom stereocenters. The third kappa shape index (κ3) is 5.02. The Morgan fingerprint density at radius 3 is 2.60 bits per heavy atom. The van der Waals surface area contributed by atoms with Crippen molar-refractivity contribution < 1.29 is 14.6 Å². The molecule has 0 radical (unpaired) electrons. The van der Waals surface area contributed by atoms with Gasteiger partial charge in [0.25, 0.3) is 5.91 Å². The monoisotopic (exact) mass is 299 g/mol. The van der Waals surface area contributed by atoms with Crippen LogP contribution in [-0.2, 0) is 4.79 Å². The van der Waals surface area contributed by atoms with Crippen molar-refractivity contribution in [1.29, 1.82) is 0 Å². The lowest BCUT2D eigenvalue weighted by atomic mass is 9.98. The fraction of sp³-hybridized carbons (Fsp3) is 0.533. The maximum Gasteiger partial charge on any atom is 0.258 e. The predicted molar refractivity (Wildman–Crippen MR) is 80.2 cm³/mol. The molecule has 0 unspecified atom stereocenters. The van der Waals surface area contributed by atoms with Crippen LogP contribution >= 0.6 is 11.6 Å². The standard InChI is InChI=1S/C15H22ClNO3/c1-4-15(19,5-2)10-17-14(18)9-20-12-6-7-13(16)11(3)8-12/h6-8,19H,4-5,9-10H2,1-3H3,(H,17,18). The maximum atomic E-state index is 11.7. The first-order valence-corrected chi connectivity index (χ1v) is 7.16. The van der Waals surface area contributed by atoms with Crippen LogP contribution < -0.4 is 10.1 Å². The Kier molecular flexibility index (Phi) is 6.30. The van der Waals surface area contributed by atoms with E-state index in [4.69, 9.17) is 16.3 Å². The van der Waals surface area contributed by atoms with Crippen LogP contribution in [0.4, 0.5) is 0 Å². The van der Waals surface area contributed by atoms with E-state index < -0.39 is 5.60 Å². The first-order valence-electron chi connectivity index (χ1n) is 6.78. The number of hydrogen-bond acceptors (Lipinski definition) is 3. The van der Waals surface area contributed by atoms with Crippen molar-refractivity contribution in [2.75, 3.05) is 13.2 Å². The van der Waals surface area contributed by atoms with Gasteiger partial charge in [-0.2, -0.15) is 0 Å². The quantitative estimate of drug-likeness (QED) is 0.814. The van der Waals surface area contributed by atoms with Gasteiger partial charge in [0.05, 0.1) is 5.60 Å². The highest BCUT2D eigenvalue weighted by Gasteiger charge is 2.22. The first kappa shape index (κ1) is 16.8. The van der Waals surface area contributed by atoms with Gasteiger partial charge in [0.1, 0.15) is 5.75 Å². The Morgan fingerprint density at radius 2 is 2.05 bits per heavy atom. The number of benzene rings is 1. The van der Waals surface area contributed by atoms with Gasteiger partial charge in [0.15, 0.2) is 6.61 Å². The van der Waals surface area contributed by atoms with E-state index in [2.05, 4.69) is 5.32 Å². The maximum absolute atomic E-state index is 11.7. The van der Waals surface area contributed by atoms with Gasteiger partial charge in [-0.3, -0.25) is 4.79 Å². The number of hydrogen-bond donors (Lipinski definition) is 2. The van der Waals surface area contributed by atoms with Crippen LogP contribution in [0.1, 0.15) is 32.3 Å². The van der Waals surface area contributed by atoms with E-state index in [1.54, 1.807) is 18.2 Å². The molecule has 5 heteroatoms. The van der Waals surface area contributed by atoms with E-state index in [0.29, 0.717) is 23.6 Å². The average molecular weight is 300 g/mol. The molecule has 1 aromatic carbocycles. The van der Waals surface area contributed by atoms with Crippen LogP contribution in [0.2, 0.25) is 5.02 Å². The van der Waals surface area contributed by atoms with E-state index in [0.717, 1.165) is 5.56 Å². The van der Waals surface area contributed by atoms with Gasteiger partial charge in [0.2, 0.25) is 0 Å². The molecule has 1 aromatic rings. The van der Waals surface area contributed by atoms with Crippen molar-refractivity contribution in [3.63, 3.8) is 0 Å². The van der Waals surface area contributed by atoms with Gasteiger partial charge in [0, 0.05) is 11.6 Å². The molecule has 2 N–H and O–H groups in total. The zero-order valence-corrected chi connectivity index (χ0v) is 13.0. The van der Waals surface area contributed by atoms with E-state index in [-0.39, 0.29) is 19.1 Å². The molecular formula is C15H22ClNO3. The Hall–Kier alpha value is -1.26. The Bertz CT molecular complexity index is 458. The Labute approximate surface area is 125 Å². The van der Waals surface area contributed by atoms with Crippen molar-refractivity contribution in [3.8, 4) is 5.75 Å². The third-order valence-corrected chi connectivity index (χ3v) is 3.85. The molecule has 4 nitrogen and oxygen atoms in total. The van der Waals surface area contributed by atoms with Crippen molar-refractivity contribution in [2.45, 2.75) is 39.2 Å². The van der Waals surface area contributed by atoms with E-state index >= 15 is 0 Å². The van der Waals surface area contributed by atoms with Gasteiger partial charge in [-0.15, -0.1) is 0 Å². The molecule has 0 saturated carbocycles. The summed E-state index contributed by atoms with van der Waals surface area (Å²) in [6, 6.07) is 5.23. The van der Waals surface area contributed by atoms with E-state index in [1.807, 2.05) is 20.8 Å². The molecule has 0 aliphatic carbocycles. The highest BCUT2D eigenvalue weighted by Crippen LogP contribution is 2.20. The largest absolute Gasteiger partial charge is 0.484 e. The number of aliphatic hydroxyl groups is 1. The van der Waals surface area contributed by atoms with Crippen LogP contribution in [-0.4, -0.2) is 29.8 Å². The van der Waals surface area contributed by atoms with Crippen molar-refractivity contribution in [2.24, 2.45) is 0 Å². The van der Waals surface area contributed by atoms with Crippen molar-refractivity contribution in [3.05, 3.63) is 28.8 Å². The summed E-state index contributed by atoms with van der Waals surface area (Å²) in [6.45, 7) is 5.82. The van der Waals surface area contributed by atoms with Gasteiger partial charge >= 0.3 is 0 Å². The van der Waals surface area contributed by atoms with Gasteiger partial charge in [-0.25, -0.2) is 0 Å². The second-order valence-electron chi connectivity index (χ2n) is 4.91. The third-order valence-electron chi connectivity index (χ3n) is 3.43. The van der Waals surface area contributed by atoms with E-state index in [9.17, 15) is 9.90 Å². The summed E-state index contributed by atoms with van der Waals surface area (Å²) in [5, 5.41) is 13.4. The normalized spacial score (nSPS) is 11.2. The summed E-state index contributed by atoms with van der Waals surface area (Å²) < 4.78 is 5.38. The van der Waals surface area contributed by atoms with E-state index in [1.165, 1.54) is 0 Å². The lowest BCUT2D eigenvalue weighted by molar-refractivity contribution is -0.124. The molecule has 0 aromatic heterocycles. The number of halogens is 1. The molecule has 20 heavy (non-hydrogen) atoms. The molecule has 0 spiro atoms. The topological polar surface area (TPSA) is 58.6 Å². The van der Waals surface area contributed by atoms with Crippen LogP contribution in [0, 0.1) is 6.92 Å². The Balaban J connectivity index is 2.42. The number of carbonyl (C=O) groups is 1. The van der Waals surface area contributed by atoms with Gasteiger partial charge in [-0.05, 0) is 43.5 Å². The fourth-order valence-corrected chi connectivity index (χ4v) is 1.79. The molecule has 0 fully saturated rings. The number of nitrogens with one attached hydrogen (secondary N) is 1. The SMILES string of the molecule is CCC(O)(CC)CNC(=O)COc1ccc(Cl)c(C)c1. The van der Waals surface area contributed by atoms with Crippen LogP contribution in [0.15, 0.2) is 18.2 Å². The second-order valence-corrected chi connectivity index (χ2v) is 5.32. The van der Waals surface area contributed by atoms with Gasteiger partial charge in [-0.1, -0.05) is 25.4 Å². The number of rotatable bonds is 7. The summed E-state index contributed by atoms with van der Waals surface area (Å²) in [4.78, 5) is 11.7. The van der Waals surface area contributed by atoms with Crippen LogP contribution in [0.5, 0.6) is 5.75 Å². The number of aryl methyl sites for hydroxylation is 1. The summed E-state index contributed by atoms with van der Waals surface area (Å²) in [7, 11) is 0. The van der Waals surface area contributed by atoms with Crippen LogP contribution in [0.3, 0.4) is 0 Å². The number of carbonyl (C=O) groups excluding carboxylic acids is 1. The minimum Gasteiger partial charge on any atom is -0.484 e. The number of ether oxygens (including phenoxy) is 1. The zero-order valence-electron chi connectivity index (χ0n) is 12.2. The average Bonchev–Trinajstić information content (AvgIpc) is 2.46. The lowest BCUT2D eigenvalue weighted by Gasteiger charge is -2.25. The summed E-state index contributed by atoms with van der Waals surface area (Å²) in [5.41, 5.74) is 0.0582. The highest BCUT2D eigenvalue weighted by atomic mass is 35.5. The number of amides is 1. The van der Waals surface area contributed by atoms with Gasteiger partial charge < -0.3 is 15.2 Å². The molecule has 1 rings (SSSR count). The summed E-state index contributed by atoms with van der Waals surface area (Å²) in [6.07, 6.45) is 1.20. The minimum absolute atomic E-state index is 0.0788. The fourth-order valence-electron chi connectivity index (χ4n) is 1.67. The molecule has 0 aliphatic rings. The smallest absolute Gasteiger partial charge is 0.258 e. The molecule has 112 valence electrons. The molecular weight excluding hydrogens is 278 g/mol. The Morgan fingerprint density at radius 1 is 1.40 bits per heavy atom. The van der Waals surface area contributed by atoms with Crippen molar-refractivity contribution in [1.82, 2.24) is 5.32 Å². The predicted octanol–water partition coefficient (Wildman–Crippen LogP) is 2.69. The highest BCUT2D eigenvalue weighted by molar-refractivity contribution is 6.31. The lowest BCUT2D eigenvalue weighted by Crippen LogP contribution is -2.43. The summed E-state index contributed by atoms with van der Waals surface area (Å²) in [5.74, 6) is 0.348. The van der Waals surface area contributed by atoms with Crippen LogP contribution in [0.25, 0.3) is 0 Å². The second kappa shape index (κ2) is 7.50. The molecule has 0 aliphatic heterocycles. The summed E-state index contributed by atoms with van der Waals surface area (Å²) >= 11 is 5.91. The first-order chi connectivity index (χ1) is 9.40.